The smallest absolute Gasteiger partial charge is 0.323 e. The highest BCUT2D eigenvalue weighted by molar-refractivity contribution is 7.45. The molecule has 0 aliphatic carbocycles. The number of nitrogens with one attached hydrogen (secondary N) is 2. The van der Waals surface area contributed by atoms with Gasteiger partial charge in [0.15, 0.2) is 0 Å². The molecule has 1 aromatic rings. The lowest BCUT2D eigenvalue weighted by Gasteiger charge is -2.27. The summed E-state index contributed by atoms with van der Waals surface area (Å²) in [4.78, 5) is 35.7. The van der Waals surface area contributed by atoms with E-state index in [0.29, 0.717) is 18.6 Å². The minimum Gasteiger partial charge on any atom is -0.462 e. The van der Waals surface area contributed by atoms with Crippen LogP contribution in [0.4, 0.5) is 0 Å². The van der Waals surface area contributed by atoms with E-state index in [1.54, 1.807) is 44.9 Å². The van der Waals surface area contributed by atoms with Gasteiger partial charge in [-0.2, -0.15) is 0 Å². The Hall–Kier alpha value is -2.96. The first kappa shape index (κ1) is 30.1. The Morgan fingerprint density at radius 2 is 1.91 bits per heavy atom. The molecule has 35 heavy (non-hydrogen) atoms. The van der Waals surface area contributed by atoms with Gasteiger partial charge >= 0.3 is 14.5 Å². The number of benzene rings is 1. The number of imide groups is 1. The molecule has 0 saturated heterocycles. The minimum atomic E-state index is -1.73. The van der Waals surface area contributed by atoms with Gasteiger partial charge in [-0.15, -0.1) is 6.42 Å². The normalized spacial score (nSPS) is 14.4. The van der Waals surface area contributed by atoms with Crippen molar-refractivity contribution < 1.29 is 32.9 Å². The Labute approximate surface area is 208 Å². The Bertz CT molecular complexity index is 860. The van der Waals surface area contributed by atoms with Gasteiger partial charge in [0.2, 0.25) is 6.41 Å². The second-order valence-corrected chi connectivity index (χ2v) is 8.89. The van der Waals surface area contributed by atoms with Crippen molar-refractivity contribution in [2.24, 2.45) is 0 Å². The number of methoxy groups -OCH3 is 1. The number of terminal acetylenes is 1. The summed E-state index contributed by atoms with van der Waals surface area (Å²) >= 11 is 0. The minimum absolute atomic E-state index is 0.120. The highest BCUT2D eigenvalue weighted by Crippen LogP contribution is 2.36. The van der Waals surface area contributed by atoms with Crippen molar-refractivity contribution in [1.29, 1.82) is 0 Å². The highest BCUT2D eigenvalue weighted by Gasteiger charge is 2.25. The molecule has 0 saturated carbocycles. The molecule has 4 atom stereocenters. The maximum atomic E-state index is 12.3. The topological polar surface area (TPSA) is 115 Å². The predicted molar refractivity (Wildman–Crippen MR) is 133 cm³/mol. The molecule has 0 radical (unpaired) electrons. The quantitative estimate of drug-likeness (QED) is 0.114. The van der Waals surface area contributed by atoms with Crippen LogP contribution < -0.4 is 14.9 Å². The zero-order chi connectivity index (χ0) is 26.2. The Morgan fingerprint density at radius 1 is 1.23 bits per heavy atom. The van der Waals surface area contributed by atoms with Crippen LogP contribution in [0.1, 0.15) is 27.2 Å². The van der Waals surface area contributed by atoms with Gasteiger partial charge in [0.25, 0.3) is 5.91 Å². The molecule has 2 amide bonds. The fourth-order valence-corrected chi connectivity index (χ4v) is 3.81. The van der Waals surface area contributed by atoms with Crippen LogP contribution in [0.15, 0.2) is 42.6 Å². The molecule has 1 rings (SSSR count). The summed E-state index contributed by atoms with van der Waals surface area (Å²) in [5.74, 6) is 2.24. The van der Waals surface area contributed by atoms with Crippen molar-refractivity contribution in [3.63, 3.8) is 0 Å². The number of esters is 1. The van der Waals surface area contributed by atoms with E-state index in [1.807, 2.05) is 23.5 Å². The number of carbonyl (C=O) groups is 3. The van der Waals surface area contributed by atoms with Crippen molar-refractivity contribution in [2.45, 2.75) is 51.5 Å². The van der Waals surface area contributed by atoms with Crippen molar-refractivity contribution in [1.82, 2.24) is 15.3 Å². The molecule has 0 heterocycles. The third kappa shape index (κ3) is 12.3. The zero-order valence-electron chi connectivity index (χ0n) is 20.7. The summed E-state index contributed by atoms with van der Waals surface area (Å²) in [5.41, 5.74) is 0. The number of rotatable bonds is 16. The summed E-state index contributed by atoms with van der Waals surface area (Å²) in [6.07, 6.45) is 8.37. The summed E-state index contributed by atoms with van der Waals surface area (Å²) in [6.45, 7) is 5.34. The van der Waals surface area contributed by atoms with Crippen molar-refractivity contribution >= 4 is 26.8 Å². The van der Waals surface area contributed by atoms with Gasteiger partial charge in [0, 0.05) is 32.9 Å². The van der Waals surface area contributed by atoms with Crippen LogP contribution in [0.5, 0.6) is 5.75 Å². The Balaban J connectivity index is 2.81. The van der Waals surface area contributed by atoms with Crippen molar-refractivity contribution in [3.05, 3.63) is 42.6 Å². The van der Waals surface area contributed by atoms with Crippen molar-refractivity contribution in [2.75, 3.05) is 20.8 Å². The highest BCUT2D eigenvalue weighted by atomic mass is 31.2. The van der Waals surface area contributed by atoms with E-state index in [2.05, 4.69) is 11.0 Å². The zero-order valence-corrected chi connectivity index (χ0v) is 21.6. The maximum absolute atomic E-state index is 12.3. The lowest BCUT2D eigenvalue weighted by molar-refractivity contribution is -0.149. The molecule has 1 aromatic carbocycles. The molecule has 0 spiro atoms. The van der Waals surface area contributed by atoms with E-state index in [4.69, 9.17) is 24.9 Å². The van der Waals surface area contributed by atoms with Gasteiger partial charge in [-0.05, 0) is 32.9 Å². The average Bonchev–Trinajstić information content (AvgIpc) is 2.83. The van der Waals surface area contributed by atoms with Crippen LogP contribution >= 0.6 is 8.53 Å². The van der Waals surface area contributed by atoms with Crippen LogP contribution in [0.2, 0.25) is 0 Å². The van der Waals surface area contributed by atoms with E-state index in [1.165, 1.54) is 19.4 Å². The monoisotopic (exact) mass is 507 g/mol. The average molecular weight is 508 g/mol. The molecule has 192 valence electrons. The lowest BCUT2D eigenvalue weighted by atomic mass is 10.1. The van der Waals surface area contributed by atoms with Gasteiger partial charge in [-0.25, -0.2) is 5.09 Å². The number of amides is 2. The molecule has 0 aliphatic rings. The number of para-hydroxylation sites is 1. The van der Waals surface area contributed by atoms with Gasteiger partial charge in [-0.3, -0.25) is 19.7 Å². The van der Waals surface area contributed by atoms with E-state index < -0.39 is 38.6 Å². The second kappa shape index (κ2) is 16.6. The number of carbonyl (C=O) groups excluding carboxylic acids is 3. The molecule has 0 aliphatic heterocycles. The summed E-state index contributed by atoms with van der Waals surface area (Å²) in [5, 5.41) is 5.06. The molecule has 11 heteroatoms. The molecule has 10 nitrogen and oxygen atoms in total. The standard InChI is InChI=1S/C24H34N3O7P/c1-7-20(27(5)14-13-23(29)25-17-28)15-22(31-6)16-32-35(34-21-11-9-8-10-12-21)26-19(4)24(30)33-18(2)3/h1,8-14,17-20,22,26H,15-16H2,2-6H3,(H,25,28,29)/b14-13-/t19-,20?,22?,35?/m0/s1. The predicted octanol–water partition coefficient (Wildman–Crippen LogP) is 2.36. The number of hydrogen-bond acceptors (Lipinski definition) is 9. The third-order valence-corrected chi connectivity index (χ3v) is 5.84. The van der Waals surface area contributed by atoms with Crippen molar-refractivity contribution in [3.8, 4) is 18.1 Å². The van der Waals surface area contributed by atoms with Crippen LogP contribution in [0, 0.1) is 12.3 Å². The van der Waals surface area contributed by atoms with E-state index in [-0.39, 0.29) is 12.7 Å². The number of ether oxygens (including phenoxy) is 2. The van der Waals surface area contributed by atoms with Crippen LogP contribution in [0.3, 0.4) is 0 Å². The van der Waals surface area contributed by atoms with Crippen LogP contribution in [0.25, 0.3) is 0 Å². The molecule has 0 aromatic heterocycles. The maximum Gasteiger partial charge on any atom is 0.323 e. The van der Waals surface area contributed by atoms with E-state index >= 15 is 0 Å². The van der Waals surface area contributed by atoms with E-state index in [9.17, 15) is 14.4 Å². The van der Waals surface area contributed by atoms with Crippen LogP contribution in [-0.2, 0) is 28.4 Å². The molecule has 0 fully saturated rings. The molecular weight excluding hydrogens is 473 g/mol. The van der Waals surface area contributed by atoms with Crippen LogP contribution in [-0.4, -0.2) is 68.2 Å². The fourth-order valence-electron chi connectivity index (χ4n) is 2.59. The Morgan fingerprint density at radius 3 is 2.49 bits per heavy atom. The first-order valence-corrected chi connectivity index (χ1v) is 12.1. The summed E-state index contributed by atoms with van der Waals surface area (Å²) < 4.78 is 22.7. The largest absolute Gasteiger partial charge is 0.462 e. The molecule has 3 unspecified atom stereocenters. The first-order valence-electron chi connectivity index (χ1n) is 11.0. The number of nitrogens with zero attached hydrogens (tertiary/aromatic N) is 1. The molecular formula is C24H34N3O7P. The fraction of sp³-hybridized carbons (Fsp3) is 0.458. The lowest BCUT2D eigenvalue weighted by Crippen LogP contribution is -2.36. The van der Waals surface area contributed by atoms with Gasteiger partial charge in [-0.1, -0.05) is 24.1 Å². The summed E-state index contributed by atoms with van der Waals surface area (Å²) in [7, 11) is 1.51. The first-order chi connectivity index (χ1) is 16.7. The molecule has 2 N–H and O–H groups in total. The Kier molecular flexibility index (Phi) is 14.3. The SMILES string of the molecule is C#CC(CC(COP(N[C@@H](C)C(=O)OC(C)C)Oc1ccccc1)OC)N(C)/C=C\C(=O)NC=O. The molecule has 0 bridgehead atoms. The summed E-state index contributed by atoms with van der Waals surface area (Å²) in [6, 6.07) is 7.99. The van der Waals surface area contributed by atoms with Gasteiger partial charge in [0.05, 0.1) is 24.9 Å². The number of hydrogen-bond donors (Lipinski definition) is 2. The van der Waals surface area contributed by atoms with E-state index in [0.717, 1.165) is 0 Å². The van der Waals surface area contributed by atoms with Gasteiger partial charge in [0.1, 0.15) is 11.8 Å². The third-order valence-electron chi connectivity index (χ3n) is 4.48. The van der Waals surface area contributed by atoms with Gasteiger partial charge < -0.3 is 23.4 Å². The second-order valence-electron chi connectivity index (χ2n) is 7.68.